The van der Waals surface area contributed by atoms with Gasteiger partial charge in [0.05, 0.1) is 28.3 Å². The number of anilines is 2. The van der Waals surface area contributed by atoms with Crippen LogP contribution < -0.4 is 21.4 Å². The molecule has 2 aliphatic carbocycles. The molecule has 3 fully saturated rings. The molecular formula is C22H25F3N4O3. The smallest absolute Gasteiger partial charge is 0.341 e. The molecule has 1 saturated heterocycles. The van der Waals surface area contributed by atoms with Crippen LogP contribution in [0.15, 0.2) is 11.0 Å². The predicted octanol–water partition coefficient (Wildman–Crippen LogP) is 2.54. The quantitative estimate of drug-likeness (QED) is 0.585. The minimum absolute atomic E-state index is 0.0215. The van der Waals surface area contributed by atoms with Crippen molar-refractivity contribution in [1.29, 1.82) is 0 Å². The third kappa shape index (κ3) is 3.32. The summed E-state index contributed by atoms with van der Waals surface area (Å²) in [6, 6.07) is -0.230. The van der Waals surface area contributed by atoms with Crippen molar-refractivity contribution in [3.05, 3.63) is 33.4 Å². The zero-order valence-corrected chi connectivity index (χ0v) is 17.6. The molecule has 0 spiro atoms. The molecule has 1 aromatic heterocycles. The topological polar surface area (TPSA) is 101 Å². The molecule has 0 radical (unpaired) electrons. The number of carboxylic acids is 1. The second-order valence-corrected chi connectivity index (χ2v) is 9.19. The van der Waals surface area contributed by atoms with E-state index >= 15 is 4.39 Å². The second kappa shape index (κ2) is 7.40. The highest BCUT2D eigenvalue weighted by Gasteiger charge is 2.42. The fourth-order valence-corrected chi connectivity index (χ4v) is 4.82. The molecule has 172 valence electrons. The number of aromatic carboxylic acids is 1. The van der Waals surface area contributed by atoms with Gasteiger partial charge < -0.3 is 25.6 Å². The number of nitrogen functional groups attached to an aromatic ring is 1. The highest BCUT2D eigenvalue weighted by molar-refractivity contribution is 6.01. The molecule has 2 saturated carbocycles. The van der Waals surface area contributed by atoms with E-state index < -0.39 is 46.9 Å². The summed E-state index contributed by atoms with van der Waals surface area (Å²) in [5.74, 6) is -2.69. The zero-order chi connectivity index (χ0) is 22.9. The summed E-state index contributed by atoms with van der Waals surface area (Å²) in [5, 5.41) is 12.5. The first-order chi connectivity index (χ1) is 15.2. The Bertz CT molecular complexity index is 1180. The van der Waals surface area contributed by atoms with E-state index in [-0.39, 0.29) is 42.0 Å². The maximum atomic E-state index is 15.5. The molecule has 4 atom stereocenters. The van der Waals surface area contributed by atoms with Gasteiger partial charge in [-0.05, 0) is 25.3 Å². The highest BCUT2D eigenvalue weighted by atomic mass is 19.1. The van der Waals surface area contributed by atoms with Crippen LogP contribution >= 0.6 is 0 Å². The molecule has 2 aromatic rings. The highest BCUT2D eigenvalue weighted by Crippen LogP contribution is 2.44. The van der Waals surface area contributed by atoms with Gasteiger partial charge in [0.1, 0.15) is 17.9 Å². The van der Waals surface area contributed by atoms with E-state index in [1.54, 1.807) is 11.8 Å². The number of carbonyl (C=O) groups is 1. The maximum absolute atomic E-state index is 15.5. The fraction of sp³-hybridized carbons (Fsp3) is 0.545. The SMILES string of the molecule is Cc1c(N2C[C@@H](CNC3CC3)[C@H](F)C2)c(F)c(N)c2c(=O)c(C(=O)O)cn([C@@H]3C[C@@H]3F)c12. The van der Waals surface area contributed by atoms with Crippen molar-refractivity contribution in [2.24, 2.45) is 5.92 Å². The van der Waals surface area contributed by atoms with Crippen molar-refractivity contribution < 1.29 is 23.1 Å². The van der Waals surface area contributed by atoms with Crippen LogP contribution in [0.5, 0.6) is 0 Å². The molecule has 7 nitrogen and oxygen atoms in total. The summed E-state index contributed by atoms with van der Waals surface area (Å²) >= 11 is 0. The number of carboxylic acid groups (broad SMARTS) is 1. The lowest BCUT2D eigenvalue weighted by molar-refractivity contribution is 0.0694. The molecule has 1 aromatic carbocycles. The van der Waals surface area contributed by atoms with Crippen LogP contribution in [-0.4, -0.2) is 53.7 Å². The number of nitrogens with zero attached hydrogens (tertiary/aromatic N) is 2. The normalized spacial score (nSPS) is 27.3. The van der Waals surface area contributed by atoms with E-state index in [0.29, 0.717) is 18.2 Å². The van der Waals surface area contributed by atoms with E-state index in [1.807, 2.05) is 0 Å². The van der Waals surface area contributed by atoms with Crippen molar-refractivity contribution in [2.75, 3.05) is 30.3 Å². The van der Waals surface area contributed by atoms with Gasteiger partial charge in [-0.1, -0.05) is 0 Å². The van der Waals surface area contributed by atoms with Gasteiger partial charge in [-0.3, -0.25) is 4.79 Å². The monoisotopic (exact) mass is 450 g/mol. The standard InChI is InChI=1S/C22H25F3N4O3/c1-9-19-16(21(30)12(22(31)32)7-29(19)15-4-13(15)23)18(26)17(25)20(9)28-6-10(14(24)8-28)5-27-11-2-3-11/h7,10-11,13-15,27H,2-6,8,26H2,1H3,(H,31,32)/t10-,13+,14-,15-/m1/s1. The number of pyridine rings is 1. The van der Waals surface area contributed by atoms with Crippen molar-refractivity contribution >= 4 is 28.2 Å². The Morgan fingerprint density at radius 1 is 1.28 bits per heavy atom. The number of alkyl halides is 2. The van der Waals surface area contributed by atoms with E-state index in [2.05, 4.69) is 5.32 Å². The number of fused-ring (bicyclic) bond motifs is 1. The van der Waals surface area contributed by atoms with Gasteiger partial charge in [0, 0.05) is 44.2 Å². The summed E-state index contributed by atoms with van der Waals surface area (Å²) in [4.78, 5) is 26.0. The maximum Gasteiger partial charge on any atom is 0.341 e. The third-order valence-corrected chi connectivity index (χ3v) is 6.85. The van der Waals surface area contributed by atoms with Crippen LogP contribution in [0.3, 0.4) is 0 Å². The Morgan fingerprint density at radius 2 is 1.97 bits per heavy atom. The molecule has 0 unspecified atom stereocenters. The Labute approximate surface area is 182 Å². The number of nitrogens with one attached hydrogen (secondary N) is 1. The van der Waals surface area contributed by atoms with Crippen LogP contribution in [-0.2, 0) is 0 Å². The van der Waals surface area contributed by atoms with Gasteiger partial charge in [-0.15, -0.1) is 0 Å². The minimum atomic E-state index is -1.49. The van der Waals surface area contributed by atoms with E-state index in [1.165, 1.54) is 4.57 Å². The number of hydrogen-bond acceptors (Lipinski definition) is 5. The van der Waals surface area contributed by atoms with Crippen LogP contribution in [0, 0.1) is 18.7 Å². The van der Waals surface area contributed by atoms with Crippen LogP contribution in [0.4, 0.5) is 24.5 Å². The molecule has 0 bridgehead atoms. The van der Waals surface area contributed by atoms with Crippen molar-refractivity contribution in [3.8, 4) is 0 Å². The average Bonchev–Trinajstić information content (AvgIpc) is 3.65. The first-order valence-electron chi connectivity index (χ1n) is 10.8. The Hall–Kier alpha value is -2.75. The number of hydrogen-bond donors (Lipinski definition) is 3. The zero-order valence-electron chi connectivity index (χ0n) is 17.6. The van der Waals surface area contributed by atoms with Crippen molar-refractivity contribution in [2.45, 2.75) is 50.6 Å². The fourth-order valence-electron chi connectivity index (χ4n) is 4.82. The van der Waals surface area contributed by atoms with Crippen LogP contribution in [0.1, 0.15) is 41.2 Å². The number of aryl methyl sites for hydroxylation is 1. The number of aromatic nitrogens is 1. The molecular weight excluding hydrogens is 425 g/mol. The molecule has 1 aliphatic heterocycles. The van der Waals surface area contributed by atoms with Gasteiger partial charge in [0.2, 0.25) is 5.43 Å². The van der Waals surface area contributed by atoms with E-state index in [9.17, 15) is 23.5 Å². The lowest BCUT2D eigenvalue weighted by Gasteiger charge is -2.25. The van der Waals surface area contributed by atoms with Gasteiger partial charge in [-0.25, -0.2) is 18.0 Å². The summed E-state index contributed by atoms with van der Waals surface area (Å²) in [6.07, 6.45) is 1.07. The molecule has 10 heteroatoms. The van der Waals surface area contributed by atoms with Gasteiger partial charge >= 0.3 is 5.97 Å². The van der Waals surface area contributed by atoms with Gasteiger partial charge in [-0.2, -0.15) is 0 Å². The van der Waals surface area contributed by atoms with Crippen LogP contribution in [0.2, 0.25) is 0 Å². The lowest BCUT2D eigenvalue weighted by Crippen LogP contribution is -2.30. The van der Waals surface area contributed by atoms with Crippen molar-refractivity contribution in [3.63, 3.8) is 0 Å². The predicted molar refractivity (Wildman–Crippen MR) is 114 cm³/mol. The number of rotatable bonds is 6. The largest absolute Gasteiger partial charge is 0.477 e. The van der Waals surface area contributed by atoms with Crippen LogP contribution in [0.25, 0.3) is 10.9 Å². The minimum Gasteiger partial charge on any atom is -0.477 e. The molecule has 2 heterocycles. The third-order valence-electron chi connectivity index (χ3n) is 6.85. The Balaban J connectivity index is 1.64. The van der Waals surface area contributed by atoms with E-state index in [4.69, 9.17) is 5.73 Å². The summed E-state index contributed by atoms with van der Waals surface area (Å²) in [6.45, 7) is 2.32. The summed E-state index contributed by atoms with van der Waals surface area (Å²) in [7, 11) is 0. The molecule has 3 aliphatic rings. The number of nitrogens with two attached hydrogens (primary N) is 1. The summed E-state index contributed by atoms with van der Waals surface area (Å²) in [5.41, 5.74) is 4.63. The number of halogens is 3. The lowest BCUT2D eigenvalue weighted by atomic mass is 10.0. The molecule has 0 amide bonds. The van der Waals surface area contributed by atoms with E-state index in [0.717, 1.165) is 19.0 Å². The second-order valence-electron chi connectivity index (χ2n) is 9.19. The first kappa shape index (κ1) is 21.1. The summed E-state index contributed by atoms with van der Waals surface area (Å²) < 4.78 is 45.6. The van der Waals surface area contributed by atoms with Gasteiger partial charge in [0.15, 0.2) is 5.82 Å². The molecule has 32 heavy (non-hydrogen) atoms. The van der Waals surface area contributed by atoms with Crippen molar-refractivity contribution in [1.82, 2.24) is 9.88 Å². The van der Waals surface area contributed by atoms with Gasteiger partial charge in [0.25, 0.3) is 0 Å². The Morgan fingerprint density at radius 3 is 2.56 bits per heavy atom. The first-order valence-corrected chi connectivity index (χ1v) is 10.8. The number of benzene rings is 1. The molecule has 4 N–H and O–H groups in total. The average molecular weight is 450 g/mol. The Kier molecular flexibility index (Phi) is 4.88. The molecule has 5 rings (SSSR count).